The molecule has 39 heavy (non-hydrogen) atoms. The molecule has 6 nitrogen and oxygen atoms in total. The SMILES string of the molecule is O=C(c1cnn2c(C(F)(F)F)cc(-c3cccc4ccccc34)nc12)N1CCN(Cc2ccccc2Cl)CC1. The number of rotatable bonds is 4. The second-order valence-corrected chi connectivity index (χ2v) is 9.91. The van der Waals surface area contributed by atoms with Crippen molar-refractivity contribution in [1.29, 1.82) is 0 Å². The maximum absolute atomic E-state index is 14.1. The molecule has 0 unspecified atom stereocenters. The van der Waals surface area contributed by atoms with Crippen LogP contribution in [0.1, 0.15) is 21.6 Å². The van der Waals surface area contributed by atoms with Gasteiger partial charge in [0.1, 0.15) is 5.56 Å². The Morgan fingerprint density at radius 3 is 2.41 bits per heavy atom. The Morgan fingerprint density at radius 2 is 1.64 bits per heavy atom. The Balaban J connectivity index is 1.33. The molecule has 6 rings (SSSR count). The van der Waals surface area contributed by atoms with E-state index in [1.54, 1.807) is 17.0 Å². The Hall–Kier alpha value is -3.95. The molecule has 0 bridgehead atoms. The number of carbonyl (C=O) groups is 1. The van der Waals surface area contributed by atoms with Crippen LogP contribution in [0, 0.1) is 0 Å². The monoisotopic (exact) mass is 549 g/mol. The first-order valence-electron chi connectivity index (χ1n) is 12.5. The largest absolute Gasteiger partial charge is 0.433 e. The summed E-state index contributed by atoms with van der Waals surface area (Å²) in [5, 5.41) is 6.28. The summed E-state index contributed by atoms with van der Waals surface area (Å²) in [6, 6.07) is 21.4. The van der Waals surface area contributed by atoms with Gasteiger partial charge in [0.25, 0.3) is 5.91 Å². The molecule has 1 amide bonds. The van der Waals surface area contributed by atoms with E-state index >= 15 is 0 Å². The number of piperazine rings is 1. The highest BCUT2D eigenvalue weighted by Crippen LogP contribution is 2.35. The van der Waals surface area contributed by atoms with E-state index in [-0.39, 0.29) is 16.9 Å². The third-order valence-electron chi connectivity index (χ3n) is 7.07. The third-order valence-corrected chi connectivity index (χ3v) is 7.44. The number of fused-ring (bicyclic) bond motifs is 2. The summed E-state index contributed by atoms with van der Waals surface area (Å²) in [5.41, 5.74) is 0.628. The lowest BCUT2D eigenvalue weighted by Crippen LogP contribution is -2.48. The lowest BCUT2D eigenvalue weighted by molar-refractivity contribution is -0.142. The van der Waals surface area contributed by atoms with Gasteiger partial charge in [0.05, 0.1) is 11.9 Å². The Morgan fingerprint density at radius 1 is 0.923 bits per heavy atom. The van der Waals surface area contributed by atoms with Crippen LogP contribution in [0.4, 0.5) is 13.2 Å². The van der Waals surface area contributed by atoms with Crippen molar-refractivity contribution in [2.24, 2.45) is 0 Å². The van der Waals surface area contributed by atoms with Crippen molar-refractivity contribution in [1.82, 2.24) is 24.4 Å². The Bertz CT molecular complexity index is 1690. The van der Waals surface area contributed by atoms with Crippen molar-refractivity contribution < 1.29 is 18.0 Å². The smallest absolute Gasteiger partial charge is 0.336 e. The van der Waals surface area contributed by atoms with Gasteiger partial charge in [0.2, 0.25) is 0 Å². The van der Waals surface area contributed by atoms with E-state index in [2.05, 4.69) is 15.0 Å². The number of amides is 1. The van der Waals surface area contributed by atoms with Crippen LogP contribution < -0.4 is 0 Å². The van der Waals surface area contributed by atoms with Crippen LogP contribution in [0.25, 0.3) is 27.7 Å². The summed E-state index contributed by atoms with van der Waals surface area (Å²) < 4.78 is 43.1. The van der Waals surface area contributed by atoms with E-state index in [0.29, 0.717) is 43.3 Å². The molecule has 198 valence electrons. The number of aromatic nitrogens is 3. The van der Waals surface area contributed by atoms with Crippen LogP contribution in [0.3, 0.4) is 0 Å². The normalized spacial score (nSPS) is 14.8. The van der Waals surface area contributed by atoms with Crippen molar-refractivity contribution in [2.45, 2.75) is 12.7 Å². The first kappa shape index (κ1) is 25.3. The number of hydrogen-bond donors (Lipinski definition) is 0. The standard InChI is InChI=1S/C29H23ClF3N5O/c30-24-11-4-2-7-20(24)18-36-12-14-37(15-13-36)28(39)23-17-34-38-26(29(31,32)33)16-25(35-27(23)38)22-10-5-8-19-6-1-3-9-21(19)22/h1-11,16-17H,12-15,18H2. The van der Waals surface area contributed by atoms with E-state index in [4.69, 9.17) is 11.6 Å². The van der Waals surface area contributed by atoms with E-state index in [0.717, 1.165) is 26.9 Å². The van der Waals surface area contributed by atoms with Gasteiger partial charge in [-0.05, 0) is 28.5 Å². The average molecular weight is 550 g/mol. The Labute approximate surface area is 227 Å². The van der Waals surface area contributed by atoms with Crippen LogP contribution in [0.2, 0.25) is 5.02 Å². The van der Waals surface area contributed by atoms with Crippen molar-refractivity contribution >= 4 is 33.9 Å². The molecule has 0 saturated carbocycles. The maximum Gasteiger partial charge on any atom is 0.433 e. The molecule has 0 atom stereocenters. The van der Waals surface area contributed by atoms with Gasteiger partial charge in [-0.1, -0.05) is 72.3 Å². The van der Waals surface area contributed by atoms with Gasteiger partial charge >= 0.3 is 6.18 Å². The minimum absolute atomic E-state index is 0.0436. The number of alkyl halides is 3. The lowest BCUT2D eigenvalue weighted by Gasteiger charge is -2.34. The highest BCUT2D eigenvalue weighted by Gasteiger charge is 2.36. The topological polar surface area (TPSA) is 53.7 Å². The number of nitrogens with zero attached hydrogens (tertiary/aromatic N) is 5. The van der Waals surface area contributed by atoms with Crippen LogP contribution in [-0.2, 0) is 12.7 Å². The average Bonchev–Trinajstić information content (AvgIpc) is 3.37. The maximum atomic E-state index is 14.1. The zero-order valence-corrected chi connectivity index (χ0v) is 21.5. The Kier molecular flexibility index (Phi) is 6.48. The minimum Gasteiger partial charge on any atom is -0.336 e. The van der Waals surface area contributed by atoms with E-state index in [1.807, 2.05) is 54.6 Å². The summed E-state index contributed by atoms with van der Waals surface area (Å²) in [6.45, 7) is 2.73. The molecule has 0 N–H and O–H groups in total. The summed E-state index contributed by atoms with van der Waals surface area (Å²) in [7, 11) is 0. The molecule has 0 aliphatic carbocycles. The molecule has 3 aromatic carbocycles. The predicted molar refractivity (Wildman–Crippen MR) is 144 cm³/mol. The first-order chi connectivity index (χ1) is 18.8. The molecule has 10 heteroatoms. The van der Waals surface area contributed by atoms with Gasteiger partial charge in [0, 0.05) is 43.3 Å². The number of benzene rings is 3. The quantitative estimate of drug-likeness (QED) is 0.269. The summed E-state index contributed by atoms with van der Waals surface area (Å²) >= 11 is 6.29. The summed E-state index contributed by atoms with van der Waals surface area (Å²) in [5.74, 6) is -0.391. The molecule has 1 fully saturated rings. The van der Waals surface area contributed by atoms with Crippen molar-refractivity contribution in [3.63, 3.8) is 0 Å². The third kappa shape index (κ3) is 4.84. The molecule has 0 radical (unpaired) electrons. The fourth-order valence-electron chi connectivity index (χ4n) is 5.05. The summed E-state index contributed by atoms with van der Waals surface area (Å²) in [6.07, 6.45) is -3.51. The van der Waals surface area contributed by atoms with E-state index in [1.165, 1.54) is 6.20 Å². The van der Waals surface area contributed by atoms with Crippen LogP contribution in [0.5, 0.6) is 0 Å². The molecule has 1 aliphatic rings. The second-order valence-electron chi connectivity index (χ2n) is 9.50. The first-order valence-corrected chi connectivity index (χ1v) is 12.9. The number of carbonyl (C=O) groups excluding carboxylic acids is 1. The number of halogens is 4. The molecular weight excluding hydrogens is 527 g/mol. The number of hydrogen-bond acceptors (Lipinski definition) is 4. The van der Waals surface area contributed by atoms with Crippen LogP contribution in [0.15, 0.2) is 79.0 Å². The van der Waals surface area contributed by atoms with Gasteiger partial charge in [0.15, 0.2) is 11.3 Å². The second kappa shape index (κ2) is 9.98. The van der Waals surface area contributed by atoms with Gasteiger partial charge < -0.3 is 4.90 Å². The highest BCUT2D eigenvalue weighted by atomic mass is 35.5. The predicted octanol–water partition coefficient (Wildman–Crippen LogP) is 6.18. The van der Waals surface area contributed by atoms with Crippen molar-refractivity contribution in [3.8, 4) is 11.3 Å². The highest BCUT2D eigenvalue weighted by molar-refractivity contribution is 6.31. The molecule has 2 aromatic heterocycles. The molecule has 5 aromatic rings. The van der Waals surface area contributed by atoms with Crippen molar-refractivity contribution in [3.05, 3.63) is 101 Å². The van der Waals surface area contributed by atoms with Gasteiger partial charge in [-0.15, -0.1) is 0 Å². The van der Waals surface area contributed by atoms with Crippen molar-refractivity contribution in [2.75, 3.05) is 26.2 Å². The molecule has 1 aliphatic heterocycles. The van der Waals surface area contributed by atoms with Crippen LogP contribution in [-0.4, -0.2) is 56.5 Å². The molecule has 0 spiro atoms. The van der Waals surface area contributed by atoms with Gasteiger partial charge in [-0.25, -0.2) is 9.50 Å². The van der Waals surface area contributed by atoms with Crippen LogP contribution >= 0.6 is 11.6 Å². The summed E-state index contributed by atoms with van der Waals surface area (Å²) in [4.78, 5) is 21.9. The van der Waals surface area contributed by atoms with Gasteiger partial charge in [-0.2, -0.15) is 18.3 Å². The molecule has 3 heterocycles. The van der Waals surface area contributed by atoms with Gasteiger partial charge in [-0.3, -0.25) is 9.69 Å². The van der Waals surface area contributed by atoms with E-state index < -0.39 is 17.8 Å². The fourth-order valence-corrected chi connectivity index (χ4v) is 5.24. The fraction of sp³-hybridized carbons (Fsp3) is 0.207. The zero-order valence-electron chi connectivity index (χ0n) is 20.7. The minimum atomic E-state index is -4.70. The molecule has 1 saturated heterocycles. The molecular formula is C29H23ClF3N5O. The lowest BCUT2D eigenvalue weighted by atomic mass is 10.0. The zero-order chi connectivity index (χ0) is 27.1. The van der Waals surface area contributed by atoms with E-state index in [9.17, 15) is 18.0 Å².